The van der Waals surface area contributed by atoms with Gasteiger partial charge < -0.3 is 14.7 Å². The van der Waals surface area contributed by atoms with Crippen molar-refractivity contribution in [1.82, 2.24) is 4.90 Å². The Morgan fingerprint density at radius 1 is 0.875 bits per heavy atom. The van der Waals surface area contributed by atoms with E-state index >= 15 is 0 Å². The Morgan fingerprint density at radius 3 is 2.21 bits per heavy atom. The molecule has 1 amide bonds. The number of amides is 1. The molecule has 0 aromatic heterocycles. The van der Waals surface area contributed by atoms with Gasteiger partial charge in [0.2, 0.25) is 5.91 Å². The lowest BCUT2D eigenvalue weighted by Gasteiger charge is -2.73. The molecule has 0 spiro atoms. The smallest absolute Gasteiger partial charge is 0.309 e. The molecule has 1 N–H and O–H groups in total. The molecule has 6 rings (SSSR count). The summed E-state index contributed by atoms with van der Waals surface area (Å²) in [5.41, 5.74) is 0.724. The fourth-order valence-electron chi connectivity index (χ4n) is 13.6. The Bertz CT molecular complexity index is 1320. The monoisotopic (exact) mass is 683 g/mol. The molecule has 10 atom stereocenters. The number of ether oxygens (including phenoxy) is 1. The second-order valence-electron chi connectivity index (χ2n) is 19.4. The van der Waals surface area contributed by atoms with Crippen molar-refractivity contribution in [2.45, 2.75) is 139 Å². The van der Waals surface area contributed by atoms with Gasteiger partial charge in [-0.15, -0.1) is 0 Å². The van der Waals surface area contributed by atoms with Crippen LogP contribution in [0.25, 0.3) is 0 Å². The summed E-state index contributed by atoms with van der Waals surface area (Å²) in [6.07, 6.45) is 11.9. The first-order valence-corrected chi connectivity index (χ1v) is 20.4. The predicted molar refractivity (Wildman–Crippen MR) is 193 cm³/mol. The fourth-order valence-corrected chi connectivity index (χ4v) is 14.5. The Morgan fingerprint density at radius 2 is 1.56 bits per heavy atom. The number of esters is 1. The van der Waals surface area contributed by atoms with Crippen LogP contribution >= 0.6 is 11.8 Å². The molecule has 5 saturated carbocycles. The van der Waals surface area contributed by atoms with E-state index < -0.39 is 11.4 Å². The standard InChI is InChI=1S/C41H65NO5S/c1-26(2)27-12-17-41(24-32(43)42-20-22-48-23-21-42)19-18-39(8)28(34(27)41)10-11-30-38(7)15-14-31(47-33(44)25-36(3,4)35(45)46)37(5,6)29(38)13-16-40(30,39)9/h27-31,34H,1,10-25H2,2-9H3,(H,45,46)/t27-,28+,29?,30?,31-,34+,38-,39+,40+,41+/m0/s1. The minimum absolute atomic E-state index is 0.103. The van der Waals surface area contributed by atoms with E-state index in [0.29, 0.717) is 35.5 Å². The zero-order chi connectivity index (χ0) is 35.1. The Labute approximate surface area is 295 Å². The minimum atomic E-state index is -1.13. The summed E-state index contributed by atoms with van der Waals surface area (Å²) in [6, 6.07) is 0. The van der Waals surface area contributed by atoms with Crippen molar-refractivity contribution in [3.8, 4) is 0 Å². The largest absolute Gasteiger partial charge is 0.481 e. The maximum absolute atomic E-state index is 13.9. The Balaban J connectivity index is 1.25. The number of fused-ring (bicyclic) bond motifs is 7. The van der Waals surface area contributed by atoms with Gasteiger partial charge in [-0.3, -0.25) is 14.4 Å². The van der Waals surface area contributed by atoms with Crippen molar-refractivity contribution in [3.63, 3.8) is 0 Å². The van der Waals surface area contributed by atoms with Gasteiger partial charge in [0, 0.05) is 36.4 Å². The van der Waals surface area contributed by atoms with Crippen molar-refractivity contribution in [1.29, 1.82) is 0 Å². The second kappa shape index (κ2) is 12.3. The summed E-state index contributed by atoms with van der Waals surface area (Å²) in [6.45, 7) is 24.4. The number of hydrogen-bond donors (Lipinski definition) is 1. The lowest BCUT2D eigenvalue weighted by Crippen LogP contribution is -2.67. The molecule has 2 unspecified atom stereocenters. The van der Waals surface area contributed by atoms with Crippen molar-refractivity contribution in [2.75, 3.05) is 24.6 Å². The Hall–Kier alpha value is -1.50. The van der Waals surface area contributed by atoms with Crippen LogP contribution in [0.2, 0.25) is 0 Å². The molecule has 0 aromatic rings. The maximum Gasteiger partial charge on any atom is 0.309 e. The predicted octanol–water partition coefficient (Wildman–Crippen LogP) is 9.02. The van der Waals surface area contributed by atoms with Crippen LogP contribution in [0.5, 0.6) is 0 Å². The number of carbonyl (C=O) groups excluding carboxylic acids is 2. The van der Waals surface area contributed by atoms with Gasteiger partial charge in [-0.05, 0) is 136 Å². The van der Waals surface area contributed by atoms with E-state index in [1.807, 2.05) is 11.8 Å². The average Bonchev–Trinajstić information content (AvgIpc) is 3.39. The lowest BCUT2D eigenvalue weighted by atomic mass is 9.32. The van der Waals surface area contributed by atoms with Gasteiger partial charge in [-0.1, -0.05) is 46.8 Å². The molecule has 5 aliphatic carbocycles. The first kappa shape index (κ1) is 36.3. The third-order valence-electron chi connectivity index (χ3n) is 16.5. The average molecular weight is 684 g/mol. The molecule has 270 valence electrons. The molecular formula is C41H65NO5S. The van der Waals surface area contributed by atoms with Crippen LogP contribution in [0.3, 0.4) is 0 Å². The normalized spacial score (nSPS) is 43.6. The molecule has 0 radical (unpaired) electrons. The van der Waals surface area contributed by atoms with Gasteiger partial charge in [0.1, 0.15) is 6.10 Å². The van der Waals surface area contributed by atoms with E-state index in [1.165, 1.54) is 50.5 Å². The van der Waals surface area contributed by atoms with E-state index in [-0.39, 0.29) is 45.6 Å². The van der Waals surface area contributed by atoms with E-state index in [2.05, 4.69) is 53.0 Å². The van der Waals surface area contributed by atoms with Gasteiger partial charge in [-0.2, -0.15) is 11.8 Å². The van der Waals surface area contributed by atoms with E-state index in [1.54, 1.807) is 13.8 Å². The van der Waals surface area contributed by atoms with E-state index in [4.69, 9.17) is 4.74 Å². The molecule has 6 fully saturated rings. The van der Waals surface area contributed by atoms with Crippen molar-refractivity contribution >= 4 is 29.6 Å². The highest BCUT2D eigenvalue weighted by Gasteiger charge is 2.71. The molecule has 48 heavy (non-hydrogen) atoms. The second-order valence-corrected chi connectivity index (χ2v) is 20.6. The highest BCUT2D eigenvalue weighted by Crippen LogP contribution is 2.78. The number of carboxylic acids is 1. The summed E-state index contributed by atoms with van der Waals surface area (Å²) in [4.78, 5) is 40.9. The van der Waals surface area contributed by atoms with E-state index in [9.17, 15) is 19.5 Å². The summed E-state index contributed by atoms with van der Waals surface area (Å²) >= 11 is 1.97. The molecule has 1 aliphatic heterocycles. The number of aliphatic carboxylic acids is 1. The third kappa shape index (κ3) is 5.52. The number of thioether (sulfide) groups is 1. The number of rotatable bonds is 7. The maximum atomic E-state index is 13.9. The molecule has 0 bridgehead atoms. The quantitative estimate of drug-likeness (QED) is 0.213. The summed E-state index contributed by atoms with van der Waals surface area (Å²) < 4.78 is 6.18. The van der Waals surface area contributed by atoms with Crippen LogP contribution in [0.1, 0.15) is 132 Å². The van der Waals surface area contributed by atoms with Crippen LogP contribution < -0.4 is 0 Å². The molecule has 6 nitrogen and oxygen atoms in total. The number of carbonyl (C=O) groups is 3. The number of allylic oxidation sites excluding steroid dienone is 1. The van der Waals surface area contributed by atoms with Crippen LogP contribution in [-0.2, 0) is 19.1 Å². The van der Waals surface area contributed by atoms with Crippen LogP contribution in [0.4, 0.5) is 0 Å². The van der Waals surface area contributed by atoms with Gasteiger partial charge >= 0.3 is 11.9 Å². The number of hydrogen-bond acceptors (Lipinski definition) is 5. The van der Waals surface area contributed by atoms with Crippen molar-refractivity contribution in [2.24, 2.45) is 62.1 Å². The SMILES string of the molecule is C=C(C)[C@@H]1CC[C@]2(CC(=O)N3CCSCC3)CC[C@]3(C)[C@H](CCC4[C@@]5(C)CC[C@H](OC(=O)CC(C)(C)C(=O)O)C(C)(C)C5CC[C@]43C)[C@@H]12. The van der Waals surface area contributed by atoms with Crippen LogP contribution in [0, 0.1) is 62.1 Å². The zero-order valence-corrected chi connectivity index (χ0v) is 32.2. The third-order valence-corrected chi connectivity index (χ3v) is 17.4. The van der Waals surface area contributed by atoms with Crippen LogP contribution in [-0.4, -0.2) is 58.6 Å². The first-order chi connectivity index (χ1) is 22.3. The van der Waals surface area contributed by atoms with Gasteiger partial charge in [-0.25, -0.2) is 0 Å². The number of nitrogens with zero attached hydrogens (tertiary/aromatic N) is 1. The van der Waals surface area contributed by atoms with Gasteiger partial charge in [0.25, 0.3) is 0 Å². The summed E-state index contributed by atoms with van der Waals surface area (Å²) in [7, 11) is 0. The summed E-state index contributed by atoms with van der Waals surface area (Å²) in [5.74, 6) is 3.92. The van der Waals surface area contributed by atoms with Crippen LogP contribution in [0.15, 0.2) is 12.2 Å². The highest BCUT2D eigenvalue weighted by molar-refractivity contribution is 7.99. The molecule has 1 heterocycles. The summed E-state index contributed by atoms with van der Waals surface area (Å²) in [5, 5.41) is 9.59. The zero-order valence-electron chi connectivity index (χ0n) is 31.4. The van der Waals surface area contributed by atoms with Gasteiger partial charge in [0.15, 0.2) is 0 Å². The van der Waals surface area contributed by atoms with E-state index in [0.717, 1.165) is 50.3 Å². The van der Waals surface area contributed by atoms with Gasteiger partial charge in [0.05, 0.1) is 11.8 Å². The topological polar surface area (TPSA) is 83.9 Å². The first-order valence-electron chi connectivity index (χ1n) is 19.3. The van der Waals surface area contributed by atoms with Crippen molar-refractivity contribution in [3.05, 3.63) is 12.2 Å². The minimum Gasteiger partial charge on any atom is -0.481 e. The molecule has 7 heteroatoms. The Kier molecular flexibility index (Phi) is 9.32. The van der Waals surface area contributed by atoms with Crippen molar-refractivity contribution < 1.29 is 24.2 Å². The fraction of sp³-hybridized carbons (Fsp3) is 0.878. The molecule has 1 saturated heterocycles. The molecular weight excluding hydrogens is 619 g/mol. The molecule has 6 aliphatic rings. The molecule has 0 aromatic carbocycles. The number of carboxylic acid groups (broad SMARTS) is 1. The highest BCUT2D eigenvalue weighted by atomic mass is 32.2. The lowest BCUT2D eigenvalue weighted by molar-refractivity contribution is -0.250.